The van der Waals surface area contributed by atoms with Crippen molar-refractivity contribution < 1.29 is 19.6 Å². The Kier molecular flexibility index (Phi) is 5.11. The Morgan fingerprint density at radius 3 is 2.73 bits per heavy atom. The number of pyridine rings is 1. The second-order valence-electron chi connectivity index (χ2n) is 6.62. The molecule has 0 unspecified atom stereocenters. The Labute approximate surface area is 174 Å². The minimum Gasteiger partial charge on any atom is -0.503 e. The molecule has 0 bridgehead atoms. The predicted octanol–water partition coefficient (Wildman–Crippen LogP) is 3.83. The summed E-state index contributed by atoms with van der Waals surface area (Å²) >= 11 is 1.19. The molecule has 0 fully saturated rings. The van der Waals surface area contributed by atoms with Crippen molar-refractivity contribution in [3.63, 3.8) is 0 Å². The molecule has 30 heavy (non-hydrogen) atoms. The Hall–Kier alpha value is -3.85. The minimum atomic E-state index is -0.966. The molecular formula is C21H15N3O5S. The maximum absolute atomic E-state index is 13.1. The monoisotopic (exact) mass is 421 g/mol. The van der Waals surface area contributed by atoms with Crippen molar-refractivity contribution in [3.05, 3.63) is 104 Å². The highest BCUT2D eigenvalue weighted by atomic mass is 32.1. The van der Waals surface area contributed by atoms with Crippen molar-refractivity contribution in [1.29, 1.82) is 0 Å². The molecule has 4 rings (SSSR count). The number of aliphatic hydroxyl groups is 1. The summed E-state index contributed by atoms with van der Waals surface area (Å²) < 4.78 is 0. The number of rotatable bonds is 6. The van der Waals surface area contributed by atoms with E-state index in [4.69, 9.17) is 0 Å². The lowest BCUT2D eigenvalue weighted by atomic mass is 9.95. The standard InChI is InChI=1S/C21H15N3O5S/c25-19(16-7-3-9-30-16)17-18(14-5-1-6-15(10-14)24(28)29)23(21(27)20(17)26)12-13-4-2-8-22-11-13/h1-11,18,26H,12H2/t18-/m0/s1. The van der Waals surface area contributed by atoms with E-state index >= 15 is 0 Å². The number of hydrogen-bond donors (Lipinski definition) is 1. The first-order chi connectivity index (χ1) is 14.5. The van der Waals surface area contributed by atoms with Crippen molar-refractivity contribution in [2.75, 3.05) is 0 Å². The van der Waals surface area contributed by atoms with Crippen LogP contribution in [0.2, 0.25) is 0 Å². The molecule has 0 saturated heterocycles. The molecular weight excluding hydrogens is 406 g/mol. The molecule has 1 aromatic carbocycles. The van der Waals surface area contributed by atoms with E-state index in [1.165, 1.54) is 34.4 Å². The lowest BCUT2D eigenvalue weighted by Crippen LogP contribution is -2.30. The molecule has 0 spiro atoms. The van der Waals surface area contributed by atoms with E-state index in [-0.39, 0.29) is 17.8 Å². The first-order valence-electron chi connectivity index (χ1n) is 8.93. The van der Waals surface area contributed by atoms with Crippen LogP contribution in [0.5, 0.6) is 0 Å². The Morgan fingerprint density at radius 2 is 2.07 bits per heavy atom. The zero-order chi connectivity index (χ0) is 21.3. The molecule has 1 aliphatic rings. The summed E-state index contributed by atoms with van der Waals surface area (Å²) in [5.74, 6) is -1.84. The van der Waals surface area contributed by atoms with Crippen LogP contribution in [0.15, 0.2) is 77.6 Å². The number of nitro groups is 1. The van der Waals surface area contributed by atoms with Crippen LogP contribution >= 0.6 is 11.3 Å². The van der Waals surface area contributed by atoms with E-state index in [1.807, 2.05) is 0 Å². The molecule has 0 saturated carbocycles. The average Bonchev–Trinajstić information content (AvgIpc) is 3.37. The smallest absolute Gasteiger partial charge is 0.290 e. The van der Waals surface area contributed by atoms with Gasteiger partial charge < -0.3 is 10.0 Å². The number of benzene rings is 1. The van der Waals surface area contributed by atoms with Gasteiger partial charge in [0.2, 0.25) is 5.78 Å². The molecule has 150 valence electrons. The first-order valence-corrected chi connectivity index (χ1v) is 9.81. The highest BCUT2D eigenvalue weighted by Crippen LogP contribution is 2.41. The molecule has 1 amide bonds. The van der Waals surface area contributed by atoms with Crippen LogP contribution in [0.3, 0.4) is 0 Å². The summed E-state index contributed by atoms with van der Waals surface area (Å²) in [5, 5.41) is 23.6. The second-order valence-corrected chi connectivity index (χ2v) is 7.57. The number of non-ortho nitro benzene ring substituents is 1. The number of nitrogens with zero attached hydrogens (tertiary/aromatic N) is 3. The Morgan fingerprint density at radius 1 is 1.23 bits per heavy atom. The summed E-state index contributed by atoms with van der Waals surface area (Å²) in [4.78, 5) is 42.5. The van der Waals surface area contributed by atoms with Gasteiger partial charge in [-0.15, -0.1) is 11.3 Å². The molecule has 1 N–H and O–H groups in total. The quantitative estimate of drug-likeness (QED) is 0.368. The SMILES string of the molecule is O=C(C1=C(O)C(=O)N(Cc2cccnc2)[C@H]1c1cccc([N+](=O)[O-])c1)c1cccs1. The third-order valence-electron chi connectivity index (χ3n) is 4.77. The summed E-state index contributed by atoms with van der Waals surface area (Å²) in [6.07, 6.45) is 3.17. The van der Waals surface area contributed by atoms with Gasteiger partial charge in [-0.2, -0.15) is 0 Å². The molecule has 3 heterocycles. The highest BCUT2D eigenvalue weighted by Gasteiger charge is 2.44. The van der Waals surface area contributed by atoms with Crippen LogP contribution < -0.4 is 0 Å². The summed E-state index contributed by atoms with van der Waals surface area (Å²) in [7, 11) is 0. The van der Waals surface area contributed by atoms with Crippen molar-refractivity contribution in [2.24, 2.45) is 0 Å². The number of amides is 1. The molecule has 0 radical (unpaired) electrons. The zero-order valence-electron chi connectivity index (χ0n) is 15.5. The predicted molar refractivity (Wildman–Crippen MR) is 109 cm³/mol. The van der Waals surface area contributed by atoms with Gasteiger partial charge >= 0.3 is 0 Å². The molecule has 0 aliphatic carbocycles. The third kappa shape index (κ3) is 3.46. The Balaban J connectivity index is 1.83. The number of thiophene rings is 1. The van der Waals surface area contributed by atoms with Gasteiger partial charge in [0.25, 0.3) is 11.6 Å². The summed E-state index contributed by atoms with van der Waals surface area (Å²) in [6.45, 7) is 0.0747. The van der Waals surface area contributed by atoms with Crippen LogP contribution in [0, 0.1) is 10.1 Å². The van der Waals surface area contributed by atoms with Gasteiger partial charge in [0.1, 0.15) is 0 Å². The van der Waals surface area contributed by atoms with Crippen molar-refractivity contribution in [1.82, 2.24) is 9.88 Å². The number of aliphatic hydroxyl groups excluding tert-OH is 1. The fraction of sp³-hybridized carbons (Fsp3) is 0.0952. The average molecular weight is 421 g/mol. The van der Waals surface area contributed by atoms with E-state index < -0.39 is 28.4 Å². The maximum atomic E-state index is 13.1. The number of ketones is 1. The number of hydrogen-bond acceptors (Lipinski definition) is 7. The van der Waals surface area contributed by atoms with E-state index in [0.29, 0.717) is 16.0 Å². The first kappa shape index (κ1) is 19.5. The largest absolute Gasteiger partial charge is 0.503 e. The zero-order valence-corrected chi connectivity index (χ0v) is 16.3. The van der Waals surface area contributed by atoms with Crippen LogP contribution in [-0.4, -0.2) is 31.6 Å². The van der Waals surface area contributed by atoms with Crippen LogP contribution in [0.25, 0.3) is 0 Å². The topological polar surface area (TPSA) is 114 Å². The lowest BCUT2D eigenvalue weighted by Gasteiger charge is -2.26. The highest BCUT2D eigenvalue weighted by molar-refractivity contribution is 7.12. The molecule has 8 nitrogen and oxygen atoms in total. The number of carbonyl (C=O) groups is 2. The van der Waals surface area contributed by atoms with Gasteiger partial charge in [0, 0.05) is 31.1 Å². The second kappa shape index (κ2) is 7.88. The van der Waals surface area contributed by atoms with E-state index in [9.17, 15) is 24.8 Å². The van der Waals surface area contributed by atoms with Crippen molar-refractivity contribution in [3.8, 4) is 0 Å². The number of nitro benzene ring substituents is 1. The van der Waals surface area contributed by atoms with E-state index in [2.05, 4.69) is 4.98 Å². The van der Waals surface area contributed by atoms with Gasteiger partial charge in [-0.05, 0) is 28.6 Å². The van der Waals surface area contributed by atoms with E-state index in [0.717, 1.165) is 0 Å². The van der Waals surface area contributed by atoms with E-state index in [1.54, 1.807) is 48.1 Å². The molecule has 1 atom stereocenters. The summed E-state index contributed by atoms with van der Waals surface area (Å²) in [5.41, 5.74) is 0.798. The van der Waals surface area contributed by atoms with Gasteiger partial charge in [0.05, 0.1) is 21.4 Å². The van der Waals surface area contributed by atoms with Gasteiger partial charge in [-0.3, -0.25) is 24.7 Å². The van der Waals surface area contributed by atoms with Gasteiger partial charge in [0.15, 0.2) is 5.76 Å². The summed E-state index contributed by atoms with van der Waals surface area (Å²) in [6, 6.07) is 11.5. The minimum absolute atomic E-state index is 0.0747. The van der Waals surface area contributed by atoms with Crippen LogP contribution in [0.4, 0.5) is 5.69 Å². The van der Waals surface area contributed by atoms with Crippen LogP contribution in [-0.2, 0) is 11.3 Å². The molecule has 9 heteroatoms. The van der Waals surface area contributed by atoms with Gasteiger partial charge in [-0.1, -0.05) is 24.3 Å². The third-order valence-corrected chi connectivity index (χ3v) is 5.63. The fourth-order valence-corrected chi connectivity index (χ4v) is 4.11. The molecule has 3 aromatic rings. The normalized spacial score (nSPS) is 16.2. The van der Waals surface area contributed by atoms with Crippen LogP contribution in [0.1, 0.15) is 26.8 Å². The van der Waals surface area contributed by atoms with Crippen molar-refractivity contribution >= 4 is 28.7 Å². The van der Waals surface area contributed by atoms with Gasteiger partial charge in [-0.25, -0.2) is 0 Å². The number of carbonyl (C=O) groups excluding carboxylic acids is 2. The molecule has 2 aromatic heterocycles. The molecule has 1 aliphatic heterocycles. The fourth-order valence-electron chi connectivity index (χ4n) is 3.43. The Bertz CT molecular complexity index is 1160. The lowest BCUT2D eigenvalue weighted by molar-refractivity contribution is -0.384. The van der Waals surface area contributed by atoms with Crippen molar-refractivity contribution in [2.45, 2.75) is 12.6 Å². The maximum Gasteiger partial charge on any atom is 0.290 e. The number of aromatic nitrogens is 1. The number of Topliss-reactive ketones (excluding diaryl/α,β-unsaturated/α-hetero) is 1.